The van der Waals surface area contributed by atoms with Crippen LogP contribution in [0.1, 0.15) is 49.1 Å². The Labute approximate surface area is 186 Å². The van der Waals surface area contributed by atoms with Crippen molar-refractivity contribution in [3.05, 3.63) is 59.7 Å². The molecular formula is C25H25N3O4. The number of piperidine rings is 2. The molecule has 7 nitrogen and oxygen atoms in total. The van der Waals surface area contributed by atoms with Crippen LogP contribution < -0.4 is 10.6 Å². The fraction of sp³-hybridized carbons (Fsp3) is 0.400. The number of nitrogens with one attached hydrogen (secondary N) is 2. The molecule has 7 heteroatoms. The molecule has 1 aliphatic carbocycles. The van der Waals surface area contributed by atoms with Crippen LogP contribution in [0.15, 0.2) is 48.5 Å². The van der Waals surface area contributed by atoms with Crippen molar-refractivity contribution in [2.24, 2.45) is 0 Å². The SMILES string of the molecule is O=C1NC(=O)C2(CC3CCCC(C2)N3C(=O)OCC2c3ccccc3-c3ccccc32)N1. The highest BCUT2D eigenvalue weighted by Crippen LogP contribution is 2.45. The molecular weight excluding hydrogens is 406 g/mol. The quantitative estimate of drug-likeness (QED) is 0.712. The summed E-state index contributed by atoms with van der Waals surface area (Å²) in [6.45, 7) is 0.283. The molecule has 0 aromatic heterocycles. The Kier molecular flexibility index (Phi) is 4.28. The minimum atomic E-state index is -0.896. The van der Waals surface area contributed by atoms with Crippen LogP contribution in [-0.4, -0.2) is 47.2 Å². The van der Waals surface area contributed by atoms with E-state index in [1.165, 1.54) is 22.3 Å². The largest absolute Gasteiger partial charge is 0.448 e. The molecule has 6 rings (SSSR count). The van der Waals surface area contributed by atoms with Crippen LogP contribution in [0.25, 0.3) is 11.1 Å². The summed E-state index contributed by atoms with van der Waals surface area (Å²) < 4.78 is 5.91. The molecule has 2 aromatic carbocycles. The van der Waals surface area contributed by atoms with Crippen LogP contribution in [0, 0.1) is 0 Å². The maximum absolute atomic E-state index is 13.3. The van der Waals surface area contributed by atoms with E-state index in [0.29, 0.717) is 12.8 Å². The van der Waals surface area contributed by atoms with Crippen molar-refractivity contribution in [1.29, 1.82) is 0 Å². The third-order valence-electron chi connectivity index (χ3n) is 7.59. The summed E-state index contributed by atoms with van der Waals surface area (Å²) in [6, 6.07) is 15.9. The summed E-state index contributed by atoms with van der Waals surface area (Å²) in [5, 5.41) is 5.20. The first kappa shape index (κ1) is 19.3. The lowest BCUT2D eigenvalue weighted by atomic mass is 9.73. The predicted octanol–water partition coefficient (Wildman–Crippen LogP) is 3.53. The Morgan fingerprint density at radius 1 is 0.969 bits per heavy atom. The fourth-order valence-corrected chi connectivity index (χ4v) is 6.24. The van der Waals surface area contributed by atoms with Crippen molar-refractivity contribution in [1.82, 2.24) is 15.5 Å². The van der Waals surface area contributed by atoms with Crippen molar-refractivity contribution in [3.63, 3.8) is 0 Å². The fourth-order valence-electron chi connectivity index (χ4n) is 6.24. The van der Waals surface area contributed by atoms with Crippen molar-refractivity contribution < 1.29 is 19.1 Å². The van der Waals surface area contributed by atoms with Crippen LogP contribution in [0.5, 0.6) is 0 Å². The minimum Gasteiger partial charge on any atom is -0.448 e. The first-order valence-corrected chi connectivity index (χ1v) is 11.3. The molecule has 3 saturated heterocycles. The van der Waals surface area contributed by atoms with Gasteiger partial charge in [-0.3, -0.25) is 10.1 Å². The first-order valence-electron chi connectivity index (χ1n) is 11.3. The number of fused-ring (bicyclic) bond motifs is 5. The van der Waals surface area contributed by atoms with Gasteiger partial charge in [0, 0.05) is 30.8 Å². The zero-order chi connectivity index (χ0) is 21.9. The average molecular weight is 431 g/mol. The molecule has 4 aliphatic rings. The molecule has 32 heavy (non-hydrogen) atoms. The summed E-state index contributed by atoms with van der Waals surface area (Å²) in [5.74, 6) is -0.256. The van der Waals surface area contributed by atoms with E-state index in [1.54, 1.807) is 0 Å². The lowest BCUT2D eigenvalue weighted by Crippen LogP contribution is -2.65. The molecule has 2 unspecified atom stereocenters. The van der Waals surface area contributed by atoms with Gasteiger partial charge in [0.05, 0.1) is 0 Å². The molecule has 4 amide bonds. The van der Waals surface area contributed by atoms with E-state index >= 15 is 0 Å². The molecule has 164 valence electrons. The molecule has 3 aliphatic heterocycles. The van der Waals surface area contributed by atoms with Crippen LogP contribution in [-0.2, 0) is 9.53 Å². The monoisotopic (exact) mass is 431 g/mol. The number of ether oxygens (including phenoxy) is 1. The van der Waals surface area contributed by atoms with E-state index in [-0.39, 0.29) is 36.6 Å². The number of imide groups is 1. The number of urea groups is 1. The number of amides is 4. The normalized spacial score (nSPS) is 28.2. The van der Waals surface area contributed by atoms with E-state index in [0.717, 1.165) is 19.3 Å². The van der Waals surface area contributed by atoms with Crippen molar-refractivity contribution in [3.8, 4) is 11.1 Å². The van der Waals surface area contributed by atoms with E-state index in [4.69, 9.17) is 4.74 Å². The number of carbonyl (C=O) groups excluding carboxylic acids is 3. The summed E-state index contributed by atoms with van der Waals surface area (Å²) in [5.41, 5.74) is 3.87. The molecule has 0 radical (unpaired) electrons. The van der Waals surface area contributed by atoms with Crippen LogP contribution in [0.2, 0.25) is 0 Å². The van der Waals surface area contributed by atoms with Gasteiger partial charge >= 0.3 is 12.1 Å². The molecule has 2 bridgehead atoms. The Morgan fingerprint density at radius 2 is 1.56 bits per heavy atom. The van der Waals surface area contributed by atoms with Gasteiger partial charge in [-0.2, -0.15) is 0 Å². The standard InChI is InChI=1S/C25H25N3O4/c29-22-25(27-23(30)26-22)12-15-6-5-7-16(13-25)28(15)24(31)32-14-21-19-10-3-1-8-17(19)18-9-2-4-11-20(18)21/h1-4,8-11,15-16,21H,5-7,12-14H2,(H2,26,27,29,30). The van der Waals surface area contributed by atoms with Gasteiger partial charge in [-0.25, -0.2) is 9.59 Å². The zero-order valence-electron chi connectivity index (χ0n) is 17.7. The zero-order valence-corrected chi connectivity index (χ0v) is 17.7. The summed E-state index contributed by atoms with van der Waals surface area (Å²) in [6.07, 6.45) is 3.18. The summed E-state index contributed by atoms with van der Waals surface area (Å²) in [4.78, 5) is 39.3. The third kappa shape index (κ3) is 2.83. The van der Waals surface area contributed by atoms with Crippen molar-refractivity contribution in [2.45, 2.75) is 55.6 Å². The Hall–Kier alpha value is -3.35. The van der Waals surface area contributed by atoms with E-state index in [9.17, 15) is 14.4 Å². The van der Waals surface area contributed by atoms with Gasteiger partial charge in [0.1, 0.15) is 12.1 Å². The maximum Gasteiger partial charge on any atom is 0.410 e. The molecule has 2 N–H and O–H groups in total. The topological polar surface area (TPSA) is 87.7 Å². The number of hydrogen-bond donors (Lipinski definition) is 2. The molecule has 0 saturated carbocycles. The highest BCUT2D eigenvalue weighted by atomic mass is 16.6. The number of carbonyl (C=O) groups is 3. The van der Waals surface area contributed by atoms with E-state index in [1.807, 2.05) is 29.2 Å². The third-order valence-corrected chi connectivity index (χ3v) is 7.59. The second kappa shape index (κ2) is 7.08. The molecule has 1 spiro atoms. The van der Waals surface area contributed by atoms with Gasteiger partial charge < -0.3 is 15.0 Å². The molecule has 2 atom stereocenters. The molecule has 2 aromatic rings. The number of rotatable bonds is 2. The van der Waals surface area contributed by atoms with Crippen LogP contribution in [0.4, 0.5) is 9.59 Å². The van der Waals surface area contributed by atoms with Crippen molar-refractivity contribution in [2.75, 3.05) is 6.61 Å². The first-order chi connectivity index (χ1) is 15.6. The van der Waals surface area contributed by atoms with Gasteiger partial charge in [-0.1, -0.05) is 48.5 Å². The second-order valence-corrected chi connectivity index (χ2v) is 9.35. The Bertz CT molecular complexity index is 1070. The predicted molar refractivity (Wildman–Crippen MR) is 117 cm³/mol. The Balaban J connectivity index is 1.21. The smallest absolute Gasteiger partial charge is 0.410 e. The lowest BCUT2D eigenvalue weighted by molar-refractivity contribution is -0.128. The van der Waals surface area contributed by atoms with E-state index in [2.05, 4.69) is 34.9 Å². The maximum atomic E-state index is 13.3. The Morgan fingerprint density at radius 3 is 2.12 bits per heavy atom. The van der Waals surface area contributed by atoms with Gasteiger partial charge in [-0.05, 0) is 41.5 Å². The average Bonchev–Trinajstić information content (AvgIpc) is 3.24. The molecule has 3 fully saturated rings. The summed E-state index contributed by atoms with van der Waals surface area (Å²) >= 11 is 0. The van der Waals surface area contributed by atoms with Gasteiger partial charge in [0.25, 0.3) is 5.91 Å². The van der Waals surface area contributed by atoms with Crippen LogP contribution >= 0.6 is 0 Å². The summed E-state index contributed by atoms with van der Waals surface area (Å²) in [7, 11) is 0. The van der Waals surface area contributed by atoms with E-state index < -0.39 is 11.6 Å². The number of nitrogens with zero attached hydrogens (tertiary/aromatic N) is 1. The molecule has 3 heterocycles. The van der Waals surface area contributed by atoms with Gasteiger partial charge in [0.2, 0.25) is 0 Å². The highest BCUT2D eigenvalue weighted by Gasteiger charge is 2.56. The second-order valence-electron chi connectivity index (χ2n) is 9.35. The highest BCUT2D eigenvalue weighted by molar-refractivity contribution is 6.07. The van der Waals surface area contributed by atoms with Gasteiger partial charge in [0.15, 0.2) is 0 Å². The van der Waals surface area contributed by atoms with Crippen LogP contribution in [0.3, 0.4) is 0 Å². The number of hydrogen-bond acceptors (Lipinski definition) is 4. The minimum absolute atomic E-state index is 0.0159. The van der Waals surface area contributed by atoms with Gasteiger partial charge in [-0.15, -0.1) is 0 Å². The van der Waals surface area contributed by atoms with Crippen molar-refractivity contribution >= 4 is 18.0 Å². The number of benzene rings is 2. The lowest BCUT2D eigenvalue weighted by Gasteiger charge is -2.50.